The van der Waals surface area contributed by atoms with E-state index in [0.29, 0.717) is 19.6 Å². The van der Waals surface area contributed by atoms with Crippen molar-refractivity contribution in [3.63, 3.8) is 0 Å². The molecular formula is C24H31ClO4. The molecule has 1 aliphatic carbocycles. The van der Waals surface area contributed by atoms with Gasteiger partial charge in [-0.15, -0.1) is 0 Å². The van der Waals surface area contributed by atoms with Crippen LogP contribution in [0.1, 0.15) is 50.7 Å². The topological polar surface area (TPSA) is 36.9 Å². The number of fused-ring (bicyclic) bond motifs is 2. The number of halogens is 1. The van der Waals surface area contributed by atoms with Crippen LogP contribution in [0.25, 0.3) is 10.8 Å². The second-order valence-corrected chi connectivity index (χ2v) is 7.73. The molecule has 5 heteroatoms. The predicted octanol–water partition coefficient (Wildman–Crippen LogP) is 6.37. The Balaban J connectivity index is 1.90. The minimum absolute atomic E-state index is 0.234. The normalized spacial score (nSPS) is 13.3. The first-order valence-electron chi connectivity index (χ1n) is 10.6. The molecule has 0 heterocycles. The Labute approximate surface area is 178 Å². The average Bonchev–Trinajstić information content (AvgIpc) is 2.74. The number of allylic oxidation sites excluding steroid dienone is 2. The molecule has 0 bridgehead atoms. The summed E-state index contributed by atoms with van der Waals surface area (Å²) < 4.78 is 23.6. The van der Waals surface area contributed by atoms with E-state index in [4.69, 9.17) is 30.5 Å². The number of hydrogen-bond acceptors (Lipinski definition) is 4. The molecule has 2 aromatic carbocycles. The van der Waals surface area contributed by atoms with E-state index in [1.54, 1.807) is 0 Å². The van der Waals surface area contributed by atoms with Crippen LogP contribution >= 0.6 is 11.6 Å². The lowest BCUT2D eigenvalue weighted by Gasteiger charge is -2.24. The van der Waals surface area contributed by atoms with Gasteiger partial charge in [0.2, 0.25) is 0 Å². The van der Waals surface area contributed by atoms with Crippen molar-refractivity contribution < 1.29 is 18.9 Å². The summed E-state index contributed by atoms with van der Waals surface area (Å²) in [6, 6.07) is 8.17. The van der Waals surface area contributed by atoms with Crippen LogP contribution in [0.5, 0.6) is 11.5 Å². The zero-order chi connectivity index (χ0) is 20.5. The molecule has 0 unspecified atom stereocenters. The predicted molar refractivity (Wildman–Crippen MR) is 118 cm³/mol. The largest absolute Gasteiger partial charge is 0.467 e. The number of rotatable bonds is 12. The van der Waals surface area contributed by atoms with Gasteiger partial charge in [0.25, 0.3) is 0 Å². The molecule has 2 aromatic rings. The van der Waals surface area contributed by atoms with Crippen LogP contribution in [-0.4, -0.2) is 26.8 Å². The minimum atomic E-state index is 0.234. The van der Waals surface area contributed by atoms with Gasteiger partial charge in [0, 0.05) is 33.4 Å². The summed E-state index contributed by atoms with van der Waals surface area (Å²) in [5, 5.41) is 2.87. The van der Waals surface area contributed by atoms with Gasteiger partial charge in [0.15, 0.2) is 13.6 Å². The van der Waals surface area contributed by atoms with Gasteiger partial charge in [-0.05, 0) is 19.3 Å². The first kappa shape index (κ1) is 21.9. The zero-order valence-electron chi connectivity index (χ0n) is 17.5. The summed E-state index contributed by atoms with van der Waals surface area (Å²) >= 11 is 6.39. The van der Waals surface area contributed by atoms with Gasteiger partial charge in [-0.3, -0.25) is 0 Å². The lowest BCUT2D eigenvalue weighted by Crippen LogP contribution is -2.12. The highest BCUT2D eigenvalue weighted by Gasteiger charge is 2.24. The molecule has 0 aliphatic heterocycles. The van der Waals surface area contributed by atoms with Crippen LogP contribution in [-0.2, 0) is 22.3 Å². The Hall–Kier alpha value is -1.75. The van der Waals surface area contributed by atoms with Crippen molar-refractivity contribution in [3.8, 4) is 11.5 Å². The monoisotopic (exact) mass is 418 g/mol. The second kappa shape index (κ2) is 11.4. The van der Waals surface area contributed by atoms with E-state index in [1.165, 1.54) is 0 Å². The Morgan fingerprint density at radius 2 is 1.38 bits per heavy atom. The smallest absolute Gasteiger partial charge is 0.189 e. The third kappa shape index (κ3) is 5.65. The molecule has 0 amide bonds. The van der Waals surface area contributed by atoms with Crippen molar-refractivity contribution in [1.29, 1.82) is 0 Å². The third-order valence-electron chi connectivity index (χ3n) is 5.06. The number of ether oxygens (including phenoxy) is 4. The summed E-state index contributed by atoms with van der Waals surface area (Å²) in [6.07, 6.45) is 7.67. The van der Waals surface area contributed by atoms with E-state index in [-0.39, 0.29) is 13.6 Å². The third-order valence-corrected chi connectivity index (χ3v) is 5.35. The minimum Gasteiger partial charge on any atom is -0.467 e. The molecule has 29 heavy (non-hydrogen) atoms. The molecule has 0 spiro atoms. The SMILES string of the molecule is CCCCOCOc1c2c(c(OCOCCCC)c3ccccc13)CC(Cl)=CC2. The first-order chi connectivity index (χ1) is 14.3. The van der Waals surface area contributed by atoms with Gasteiger partial charge >= 0.3 is 0 Å². The number of hydrogen-bond donors (Lipinski definition) is 0. The van der Waals surface area contributed by atoms with Gasteiger partial charge in [0.1, 0.15) is 11.5 Å². The molecule has 0 atom stereocenters. The van der Waals surface area contributed by atoms with Crippen molar-refractivity contribution in [2.45, 2.75) is 52.4 Å². The van der Waals surface area contributed by atoms with Crippen molar-refractivity contribution in [3.05, 3.63) is 46.5 Å². The summed E-state index contributed by atoms with van der Waals surface area (Å²) in [4.78, 5) is 0. The summed E-state index contributed by atoms with van der Waals surface area (Å²) in [5.74, 6) is 1.71. The number of unbranched alkanes of at least 4 members (excludes halogenated alkanes) is 2. The zero-order valence-corrected chi connectivity index (χ0v) is 18.2. The molecule has 0 radical (unpaired) electrons. The fraction of sp³-hybridized carbons (Fsp3) is 0.500. The van der Waals surface area contributed by atoms with Crippen molar-refractivity contribution in [2.75, 3.05) is 26.8 Å². The molecule has 0 aromatic heterocycles. The highest BCUT2D eigenvalue weighted by molar-refractivity contribution is 6.30. The Morgan fingerprint density at radius 1 is 0.828 bits per heavy atom. The van der Waals surface area contributed by atoms with Gasteiger partial charge in [-0.2, -0.15) is 0 Å². The Kier molecular flexibility index (Phi) is 8.66. The standard InChI is InChI=1S/C24H31ClO4/c1-3-5-13-26-16-28-23-19-9-7-8-10-20(19)24(29-17-27-14-6-4-2)22-15-18(25)11-12-21(22)23/h7-11H,3-6,12-17H2,1-2H3. The molecule has 1 aliphatic rings. The maximum absolute atomic E-state index is 6.39. The van der Waals surface area contributed by atoms with Crippen molar-refractivity contribution in [1.82, 2.24) is 0 Å². The van der Waals surface area contributed by atoms with Crippen LogP contribution in [0.2, 0.25) is 0 Å². The van der Waals surface area contributed by atoms with Crippen LogP contribution in [0, 0.1) is 0 Å². The first-order valence-corrected chi connectivity index (χ1v) is 11.0. The molecule has 3 rings (SSSR count). The summed E-state index contributed by atoms with van der Waals surface area (Å²) in [6.45, 7) is 6.18. The van der Waals surface area contributed by atoms with E-state index in [1.807, 2.05) is 18.2 Å². The highest BCUT2D eigenvalue weighted by Crippen LogP contribution is 2.44. The quantitative estimate of drug-likeness (QED) is 0.296. The molecule has 0 fully saturated rings. The summed E-state index contributed by atoms with van der Waals surface area (Å²) in [7, 11) is 0. The van der Waals surface area contributed by atoms with E-state index in [9.17, 15) is 0 Å². The Morgan fingerprint density at radius 3 is 1.93 bits per heavy atom. The van der Waals surface area contributed by atoms with E-state index in [0.717, 1.165) is 70.5 Å². The van der Waals surface area contributed by atoms with Crippen LogP contribution < -0.4 is 9.47 Å². The van der Waals surface area contributed by atoms with Gasteiger partial charge < -0.3 is 18.9 Å². The van der Waals surface area contributed by atoms with Crippen LogP contribution in [0.15, 0.2) is 35.4 Å². The fourth-order valence-corrected chi connectivity index (χ4v) is 3.69. The van der Waals surface area contributed by atoms with E-state index >= 15 is 0 Å². The van der Waals surface area contributed by atoms with Crippen molar-refractivity contribution >= 4 is 22.4 Å². The fourth-order valence-electron chi connectivity index (χ4n) is 3.48. The van der Waals surface area contributed by atoms with Crippen LogP contribution in [0.3, 0.4) is 0 Å². The molecule has 0 saturated carbocycles. The molecule has 158 valence electrons. The van der Waals surface area contributed by atoms with Gasteiger partial charge in [-0.25, -0.2) is 0 Å². The molecule has 0 N–H and O–H groups in total. The number of benzene rings is 2. The molecular weight excluding hydrogens is 388 g/mol. The van der Waals surface area contributed by atoms with Crippen LogP contribution in [0.4, 0.5) is 0 Å². The average molecular weight is 419 g/mol. The highest BCUT2D eigenvalue weighted by atomic mass is 35.5. The summed E-state index contributed by atoms with van der Waals surface area (Å²) in [5.41, 5.74) is 2.20. The van der Waals surface area contributed by atoms with E-state index in [2.05, 4.69) is 26.0 Å². The maximum Gasteiger partial charge on any atom is 0.189 e. The lowest BCUT2D eigenvalue weighted by molar-refractivity contribution is 0.0123. The second-order valence-electron chi connectivity index (χ2n) is 7.24. The Bertz CT molecular complexity index is 831. The lowest BCUT2D eigenvalue weighted by atomic mass is 9.90. The molecule has 0 saturated heterocycles. The molecule has 4 nitrogen and oxygen atoms in total. The van der Waals surface area contributed by atoms with Gasteiger partial charge in [0.05, 0.1) is 13.2 Å². The van der Waals surface area contributed by atoms with Crippen molar-refractivity contribution in [2.24, 2.45) is 0 Å². The maximum atomic E-state index is 6.39. The van der Waals surface area contributed by atoms with Gasteiger partial charge in [-0.1, -0.05) is 68.6 Å². The van der Waals surface area contributed by atoms with E-state index < -0.39 is 0 Å².